The molecule has 3 aliphatic rings. The van der Waals surface area contributed by atoms with Gasteiger partial charge in [-0.3, -0.25) is 0 Å². The van der Waals surface area contributed by atoms with Crippen LogP contribution in [0, 0.1) is 0 Å². The normalized spacial score (nSPS) is 30.1. The minimum Gasteiger partial charge on any atom is -0.393 e. The Morgan fingerprint density at radius 1 is 1.33 bits per heavy atom. The summed E-state index contributed by atoms with van der Waals surface area (Å²) in [6, 6.07) is 7.66. The van der Waals surface area contributed by atoms with Crippen molar-refractivity contribution in [1.82, 2.24) is 5.32 Å². The van der Waals surface area contributed by atoms with Gasteiger partial charge in [-0.05, 0) is 23.6 Å². The summed E-state index contributed by atoms with van der Waals surface area (Å²) in [5, 5.41) is 15.1. The number of aliphatic hydroxyl groups excluding tert-OH is 1. The predicted octanol–water partition coefficient (Wildman–Crippen LogP) is 2.23. The molecule has 1 aliphatic carbocycles. The maximum atomic E-state index is 12.1. The second kappa shape index (κ2) is 5.00. The van der Waals surface area contributed by atoms with Crippen molar-refractivity contribution in [3.8, 4) is 0 Å². The smallest absolute Gasteiger partial charge is 0.319 e. The lowest BCUT2D eigenvalue weighted by Crippen LogP contribution is -2.61. The van der Waals surface area contributed by atoms with E-state index in [-0.39, 0.29) is 18.2 Å². The van der Waals surface area contributed by atoms with Crippen LogP contribution in [0.2, 0.25) is 0 Å². The summed E-state index contributed by atoms with van der Waals surface area (Å²) < 4.78 is 5.57. The molecule has 0 atom stereocenters. The van der Waals surface area contributed by atoms with Crippen LogP contribution in [0.1, 0.15) is 38.2 Å². The first-order valence-corrected chi connectivity index (χ1v) is 7.40. The molecule has 114 valence electrons. The molecule has 0 spiro atoms. The maximum absolute atomic E-state index is 12.1. The largest absolute Gasteiger partial charge is 0.393 e. The molecular formula is C16H22N2O3. The number of nitrogens with one attached hydrogen (secondary N) is 2. The second-order valence-electron chi connectivity index (χ2n) is 6.62. The van der Waals surface area contributed by atoms with Crippen LogP contribution in [0.4, 0.5) is 10.5 Å². The van der Waals surface area contributed by atoms with Crippen LogP contribution in [0.3, 0.4) is 0 Å². The topological polar surface area (TPSA) is 70.6 Å². The fourth-order valence-corrected chi connectivity index (χ4v) is 3.31. The Labute approximate surface area is 124 Å². The predicted molar refractivity (Wildman–Crippen MR) is 80.4 cm³/mol. The van der Waals surface area contributed by atoms with Crippen LogP contribution in [0.15, 0.2) is 24.3 Å². The van der Waals surface area contributed by atoms with Crippen molar-refractivity contribution in [2.24, 2.45) is 0 Å². The number of aliphatic hydroxyl groups is 1. The number of benzene rings is 1. The maximum Gasteiger partial charge on any atom is 0.319 e. The van der Waals surface area contributed by atoms with E-state index in [9.17, 15) is 9.90 Å². The first-order chi connectivity index (χ1) is 9.96. The van der Waals surface area contributed by atoms with Crippen LogP contribution in [-0.2, 0) is 4.74 Å². The highest BCUT2D eigenvalue weighted by molar-refractivity contribution is 5.90. The number of urea groups is 1. The molecule has 2 amide bonds. The van der Waals surface area contributed by atoms with E-state index in [1.54, 1.807) is 0 Å². The van der Waals surface area contributed by atoms with Gasteiger partial charge < -0.3 is 20.5 Å². The molecule has 0 unspecified atom stereocenters. The Bertz CT molecular complexity index is 533. The first kappa shape index (κ1) is 14.4. The van der Waals surface area contributed by atoms with Crippen molar-refractivity contribution in [2.45, 2.75) is 43.7 Å². The van der Waals surface area contributed by atoms with Gasteiger partial charge in [-0.25, -0.2) is 4.79 Å². The number of anilines is 1. The highest BCUT2D eigenvalue weighted by Gasteiger charge is 2.62. The van der Waals surface area contributed by atoms with Crippen molar-refractivity contribution in [3.05, 3.63) is 29.8 Å². The molecule has 3 fully saturated rings. The highest BCUT2D eigenvalue weighted by Crippen LogP contribution is 2.51. The minimum absolute atomic E-state index is 0.0225. The monoisotopic (exact) mass is 290 g/mol. The fourth-order valence-electron chi connectivity index (χ4n) is 3.31. The summed E-state index contributed by atoms with van der Waals surface area (Å²) in [7, 11) is 0. The molecule has 2 aliphatic heterocycles. The molecule has 4 rings (SSSR count). The molecule has 0 aromatic heterocycles. The number of rotatable bonds is 4. The summed E-state index contributed by atoms with van der Waals surface area (Å²) in [6.45, 7) is 4.78. The zero-order chi connectivity index (χ0) is 15.1. The minimum atomic E-state index is -0.411. The van der Waals surface area contributed by atoms with Gasteiger partial charge in [0.1, 0.15) is 0 Å². The van der Waals surface area contributed by atoms with Crippen molar-refractivity contribution in [3.63, 3.8) is 0 Å². The lowest BCUT2D eigenvalue weighted by atomic mass is 9.69. The summed E-state index contributed by atoms with van der Waals surface area (Å²) in [5.74, 6) is 0.476. The van der Waals surface area contributed by atoms with E-state index in [0.29, 0.717) is 25.4 Å². The van der Waals surface area contributed by atoms with E-state index in [1.165, 1.54) is 5.56 Å². The Morgan fingerprint density at radius 3 is 2.52 bits per heavy atom. The van der Waals surface area contributed by atoms with Gasteiger partial charge in [-0.2, -0.15) is 0 Å². The first-order valence-electron chi connectivity index (χ1n) is 7.40. The third-order valence-corrected chi connectivity index (χ3v) is 4.48. The van der Waals surface area contributed by atoms with Gasteiger partial charge >= 0.3 is 6.03 Å². The molecule has 21 heavy (non-hydrogen) atoms. The van der Waals surface area contributed by atoms with Crippen molar-refractivity contribution >= 4 is 11.7 Å². The summed E-state index contributed by atoms with van der Waals surface area (Å²) in [4.78, 5) is 12.1. The lowest BCUT2D eigenvalue weighted by Gasteiger charge is -2.43. The van der Waals surface area contributed by atoms with Crippen LogP contribution in [0.5, 0.6) is 0 Å². The third-order valence-electron chi connectivity index (χ3n) is 4.48. The SMILES string of the molecule is CC(C)c1ccc(NC(=O)NC23COC(CO)(C2)C3)cc1. The van der Waals surface area contributed by atoms with Crippen LogP contribution in [0.25, 0.3) is 0 Å². The number of fused-ring (bicyclic) bond motifs is 1. The lowest BCUT2D eigenvalue weighted by molar-refractivity contribution is -0.0489. The molecule has 1 aromatic carbocycles. The van der Waals surface area contributed by atoms with Gasteiger partial charge in [0.25, 0.3) is 0 Å². The molecule has 0 radical (unpaired) electrons. The fraction of sp³-hybridized carbons (Fsp3) is 0.562. The average molecular weight is 290 g/mol. The Hall–Kier alpha value is -1.59. The molecule has 2 bridgehead atoms. The Kier molecular flexibility index (Phi) is 3.42. The molecule has 1 saturated carbocycles. The molecule has 5 heteroatoms. The molecule has 2 saturated heterocycles. The van der Waals surface area contributed by atoms with Gasteiger partial charge in [-0.15, -0.1) is 0 Å². The number of hydrogen-bond acceptors (Lipinski definition) is 3. The van der Waals surface area contributed by atoms with E-state index >= 15 is 0 Å². The second-order valence-corrected chi connectivity index (χ2v) is 6.62. The summed E-state index contributed by atoms with van der Waals surface area (Å²) in [5.41, 5.74) is 1.31. The van der Waals surface area contributed by atoms with Gasteiger partial charge in [-0.1, -0.05) is 26.0 Å². The van der Waals surface area contributed by atoms with Crippen LogP contribution >= 0.6 is 0 Å². The van der Waals surface area contributed by atoms with E-state index in [0.717, 1.165) is 5.69 Å². The van der Waals surface area contributed by atoms with Crippen molar-refractivity contribution in [2.75, 3.05) is 18.5 Å². The van der Waals surface area contributed by atoms with Crippen LogP contribution < -0.4 is 10.6 Å². The van der Waals surface area contributed by atoms with Gasteiger partial charge in [0.2, 0.25) is 0 Å². The number of ether oxygens (including phenoxy) is 1. The van der Waals surface area contributed by atoms with Gasteiger partial charge in [0, 0.05) is 18.5 Å². The molecular weight excluding hydrogens is 268 g/mol. The summed E-state index contributed by atoms with van der Waals surface area (Å²) in [6.07, 6.45) is 1.38. The standard InChI is InChI=1S/C16H22N2O3/c1-11(2)12-3-5-13(6-4-12)17-14(20)18-15-7-16(8-15,9-19)21-10-15/h3-6,11,19H,7-10H2,1-2H3,(H2,17,18,20). The summed E-state index contributed by atoms with van der Waals surface area (Å²) >= 11 is 0. The number of hydrogen-bond donors (Lipinski definition) is 3. The molecule has 1 aromatic rings. The van der Waals surface area contributed by atoms with Gasteiger partial charge in [0.15, 0.2) is 0 Å². The quantitative estimate of drug-likeness (QED) is 0.796. The van der Waals surface area contributed by atoms with E-state index in [4.69, 9.17) is 4.74 Å². The third kappa shape index (κ3) is 2.63. The van der Waals surface area contributed by atoms with E-state index in [2.05, 4.69) is 24.5 Å². The molecule has 5 nitrogen and oxygen atoms in total. The number of carbonyl (C=O) groups is 1. The zero-order valence-electron chi connectivity index (χ0n) is 12.5. The Morgan fingerprint density at radius 2 is 2.00 bits per heavy atom. The average Bonchev–Trinajstić information content (AvgIpc) is 2.94. The highest BCUT2D eigenvalue weighted by atomic mass is 16.5. The zero-order valence-corrected chi connectivity index (χ0v) is 12.5. The van der Waals surface area contributed by atoms with E-state index < -0.39 is 5.60 Å². The van der Waals surface area contributed by atoms with Crippen molar-refractivity contribution < 1.29 is 14.6 Å². The molecule has 2 heterocycles. The van der Waals surface area contributed by atoms with Crippen LogP contribution in [-0.4, -0.2) is 35.5 Å². The Balaban J connectivity index is 1.56. The van der Waals surface area contributed by atoms with Crippen molar-refractivity contribution in [1.29, 1.82) is 0 Å². The number of amides is 2. The number of carbonyl (C=O) groups excluding carboxylic acids is 1. The van der Waals surface area contributed by atoms with Gasteiger partial charge in [0.05, 0.1) is 24.4 Å². The molecule has 3 N–H and O–H groups in total. The van der Waals surface area contributed by atoms with E-state index in [1.807, 2.05) is 24.3 Å².